The van der Waals surface area contributed by atoms with Gasteiger partial charge in [-0.2, -0.15) is 0 Å². The number of nitrogens with zero attached hydrogens (tertiary/aromatic N) is 1. The van der Waals surface area contributed by atoms with Crippen LogP contribution in [0.3, 0.4) is 0 Å². The molecule has 0 saturated carbocycles. The standard InChI is InChI=1S/C7H9BN2O3/c1-9-7(11)5-2-3-10-6(4-5)8(12)13/h2-4,12-13H,1H3,(H,9,11). The summed E-state index contributed by atoms with van der Waals surface area (Å²) in [5.74, 6) is -0.288. The summed E-state index contributed by atoms with van der Waals surface area (Å²) in [5.41, 5.74) is 0.404. The van der Waals surface area contributed by atoms with Crippen LogP contribution >= 0.6 is 0 Å². The minimum absolute atomic E-state index is 0.0566. The van der Waals surface area contributed by atoms with Gasteiger partial charge in [0.05, 0.1) is 5.59 Å². The Morgan fingerprint density at radius 3 is 2.85 bits per heavy atom. The number of hydrogen-bond donors (Lipinski definition) is 3. The summed E-state index contributed by atoms with van der Waals surface area (Å²) in [7, 11) is -0.151. The molecule has 0 aliphatic heterocycles. The number of carbonyl (C=O) groups excluding carboxylic acids is 1. The van der Waals surface area contributed by atoms with Crippen LogP contribution in [0.2, 0.25) is 0 Å². The molecule has 0 unspecified atom stereocenters. The number of carbonyl (C=O) groups is 1. The van der Waals surface area contributed by atoms with Crippen LogP contribution in [0.1, 0.15) is 10.4 Å². The van der Waals surface area contributed by atoms with Crippen LogP contribution in [0, 0.1) is 0 Å². The van der Waals surface area contributed by atoms with Gasteiger partial charge in [-0.1, -0.05) is 0 Å². The molecule has 0 bridgehead atoms. The summed E-state index contributed by atoms with van der Waals surface area (Å²) < 4.78 is 0. The molecule has 1 aromatic rings. The monoisotopic (exact) mass is 180 g/mol. The molecule has 0 aliphatic carbocycles. The van der Waals surface area contributed by atoms with Crippen molar-refractivity contribution in [2.45, 2.75) is 0 Å². The number of aromatic nitrogens is 1. The van der Waals surface area contributed by atoms with Crippen molar-refractivity contribution in [3.8, 4) is 0 Å². The normalized spacial score (nSPS) is 9.46. The minimum Gasteiger partial charge on any atom is -0.422 e. The van der Waals surface area contributed by atoms with E-state index in [9.17, 15) is 4.79 Å². The molecule has 0 saturated heterocycles. The lowest BCUT2D eigenvalue weighted by Gasteiger charge is -2.01. The molecule has 5 nitrogen and oxygen atoms in total. The highest BCUT2D eigenvalue weighted by atomic mass is 16.4. The Kier molecular flexibility index (Phi) is 3.00. The van der Waals surface area contributed by atoms with Crippen LogP contribution in [0.5, 0.6) is 0 Å². The molecule has 0 fully saturated rings. The zero-order valence-corrected chi connectivity index (χ0v) is 7.06. The van der Waals surface area contributed by atoms with Crippen molar-refractivity contribution in [3.63, 3.8) is 0 Å². The highest BCUT2D eigenvalue weighted by molar-refractivity contribution is 6.57. The molecule has 0 atom stereocenters. The second-order valence-corrected chi connectivity index (χ2v) is 2.42. The fraction of sp³-hybridized carbons (Fsp3) is 0.143. The highest BCUT2D eigenvalue weighted by Gasteiger charge is 2.14. The summed E-state index contributed by atoms with van der Waals surface area (Å²) in [4.78, 5) is 14.8. The maximum absolute atomic E-state index is 11.1. The Hall–Kier alpha value is -1.40. The third-order valence-corrected chi connectivity index (χ3v) is 1.53. The smallest absolute Gasteiger partial charge is 0.422 e. The van der Waals surface area contributed by atoms with Crippen molar-refractivity contribution in [1.82, 2.24) is 10.3 Å². The molecular formula is C7H9BN2O3. The second kappa shape index (κ2) is 4.02. The quantitative estimate of drug-likeness (QED) is 0.465. The Bertz CT molecular complexity index is 316. The van der Waals surface area contributed by atoms with Crippen molar-refractivity contribution >= 4 is 18.6 Å². The lowest BCUT2D eigenvalue weighted by atomic mass is 9.85. The molecule has 1 amide bonds. The molecule has 13 heavy (non-hydrogen) atoms. The van der Waals surface area contributed by atoms with Gasteiger partial charge in [-0.25, -0.2) is 0 Å². The van der Waals surface area contributed by atoms with E-state index in [0.29, 0.717) is 5.56 Å². The van der Waals surface area contributed by atoms with Gasteiger partial charge >= 0.3 is 7.12 Å². The van der Waals surface area contributed by atoms with Gasteiger partial charge in [0.1, 0.15) is 0 Å². The lowest BCUT2D eigenvalue weighted by Crippen LogP contribution is -2.33. The van der Waals surface area contributed by atoms with Gasteiger partial charge in [-0.3, -0.25) is 9.78 Å². The van der Waals surface area contributed by atoms with E-state index >= 15 is 0 Å². The summed E-state index contributed by atoms with van der Waals surface area (Å²) >= 11 is 0. The van der Waals surface area contributed by atoms with Gasteiger partial charge in [0.15, 0.2) is 0 Å². The molecular weight excluding hydrogens is 171 g/mol. The zero-order chi connectivity index (χ0) is 9.84. The van der Waals surface area contributed by atoms with Gasteiger partial charge in [-0.05, 0) is 12.1 Å². The Labute approximate surface area is 75.6 Å². The molecule has 0 aromatic carbocycles. The zero-order valence-electron chi connectivity index (χ0n) is 7.06. The first kappa shape index (κ1) is 9.69. The lowest BCUT2D eigenvalue weighted by molar-refractivity contribution is 0.0963. The van der Waals surface area contributed by atoms with E-state index in [1.165, 1.54) is 25.4 Å². The van der Waals surface area contributed by atoms with E-state index in [2.05, 4.69) is 10.3 Å². The predicted octanol–water partition coefficient (Wildman–Crippen LogP) is -1.88. The van der Waals surface area contributed by atoms with Crippen molar-refractivity contribution < 1.29 is 14.8 Å². The SMILES string of the molecule is CNC(=O)c1ccnc(B(O)O)c1. The number of hydrogen-bond acceptors (Lipinski definition) is 4. The number of rotatable bonds is 2. The van der Waals surface area contributed by atoms with Crippen LogP contribution in [0.4, 0.5) is 0 Å². The minimum atomic E-state index is -1.65. The van der Waals surface area contributed by atoms with Crippen LogP contribution in [0.25, 0.3) is 0 Å². The molecule has 3 N–H and O–H groups in total. The summed E-state index contributed by atoms with van der Waals surface area (Å²) in [5, 5.41) is 19.9. The fourth-order valence-electron chi connectivity index (χ4n) is 0.875. The summed E-state index contributed by atoms with van der Waals surface area (Å²) in [6.45, 7) is 0. The summed E-state index contributed by atoms with van der Waals surface area (Å²) in [6, 6.07) is 2.81. The van der Waals surface area contributed by atoms with E-state index in [1.54, 1.807) is 0 Å². The van der Waals surface area contributed by atoms with Crippen LogP contribution < -0.4 is 10.9 Å². The fourth-order valence-corrected chi connectivity index (χ4v) is 0.875. The van der Waals surface area contributed by atoms with Crippen molar-refractivity contribution in [2.24, 2.45) is 0 Å². The van der Waals surface area contributed by atoms with Gasteiger partial charge in [0, 0.05) is 18.8 Å². The third kappa shape index (κ3) is 2.27. The maximum Gasteiger partial charge on any atom is 0.508 e. The van der Waals surface area contributed by atoms with Gasteiger partial charge < -0.3 is 15.4 Å². The average molecular weight is 180 g/mol. The maximum atomic E-state index is 11.1. The summed E-state index contributed by atoms with van der Waals surface area (Å²) in [6.07, 6.45) is 1.35. The molecule has 68 valence electrons. The first-order valence-corrected chi connectivity index (χ1v) is 3.69. The molecule has 0 aliphatic rings. The van der Waals surface area contributed by atoms with E-state index in [4.69, 9.17) is 10.0 Å². The molecule has 0 spiro atoms. The van der Waals surface area contributed by atoms with Crippen molar-refractivity contribution in [3.05, 3.63) is 23.9 Å². The van der Waals surface area contributed by atoms with E-state index < -0.39 is 7.12 Å². The van der Waals surface area contributed by atoms with Gasteiger partial charge in [0.25, 0.3) is 5.91 Å². The molecule has 1 aromatic heterocycles. The van der Waals surface area contributed by atoms with Crippen LogP contribution in [-0.4, -0.2) is 35.1 Å². The second-order valence-electron chi connectivity index (χ2n) is 2.42. The van der Waals surface area contributed by atoms with Gasteiger partial charge in [-0.15, -0.1) is 0 Å². The topological polar surface area (TPSA) is 82.5 Å². The third-order valence-electron chi connectivity index (χ3n) is 1.53. The number of nitrogens with one attached hydrogen (secondary N) is 1. The van der Waals surface area contributed by atoms with E-state index in [0.717, 1.165) is 0 Å². The van der Waals surface area contributed by atoms with Crippen molar-refractivity contribution in [1.29, 1.82) is 0 Å². The molecule has 1 heterocycles. The van der Waals surface area contributed by atoms with Crippen LogP contribution in [0.15, 0.2) is 18.3 Å². The Balaban J connectivity index is 2.98. The van der Waals surface area contributed by atoms with E-state index in [-0.39, 0.29) is 11.5 Å². The van der Waals surface area contributed by atoms with Crippen LogP contribution in [-0.2, 0) is 0 Å². The average Bonchev–Trinajstić information content (AvgIpc) is 2.17. The Morgan fingerprint density at radius 2 is 2.31 bits per heavy atom. The first-order valence-electron chi connectivity index (χ1n) is 3.69. The molecule has 0 radical (unpaired) electrons. The first-order chi connectivity index (χ1) is 6.15. The largest absolute Gasteiger partial charge is 0.508 e. The van der Waals surface area contributed by atoms with Gasteiger partial charge in [0.2, 0.25) is 0 Å². The van der Waals surface area contributed by atoms with Crippen molar-refractivity contribution in [2.75, 3.05) is 7.05 Å². The number of amides is 1. The highest BCUT2D eigenvalue weighted by Crippen LogP contribution is 1.93. The van der Waals surface area contributed by atoms with E-state index in [1.807, 2.05) is 0 Å². The molecule has 6 heteroatoms. The predicted molar refractivity (Wildman–Crippen MR) is 47.5 cm³/mol. The molecule has 1 rings (SSSR count). The Morgan fingerprint density at radius 1 is 1.62 bits per heavy atom. The number of pyridine rings is 1.